The molecule has 0 saturated carbocycles. The first-order valence-electron chi connectivity index (χ1n) is 10.7. The summed E-state index contributed by atoms with van der Waals surface area (Å²) in [5, 5.41) is 12.0. The quantitative estimate of drug-likeness (QED) is 0.382. The van der Waals surface area contributed by atoms with Crippen molar-refractivity contribution in [2.24, 2.45) is 0 Å². The number of nitrogens with one attached hydrogen (secondary N) is 1. The van der Waals surface area contributed by atoms with Crippen LogP contribution in [0.2, 0.25) is 5.02 Å². The Morgan fingerprint density at radius 1 is 1.00 bits per heavy atom. The number of pyridine rings is 1. The number of nitrogens with zero attached hydrogens (tertiary/aromatic N) is 2. The molecule has 0 bridgehead atoms. The number of carboxylic acids is 1. The number of hydrogen-bond acceptors (Lipinski definition) is 5. The van der Waals surface area contributed by atoms with Crippen LogP contribution in [0.4, 0.5) is 5.82 Å². The molecule has 2 aromatic carbocycles. The van der Waals surface area contributed by atoms with Gasteiger partial charge < -0.3 is 10.4 Å². The van der Waals surface area contributed by atoms with Crippen molar-refractivity contribution in [1.82, 2.24) is 9.29 Å². The minimum atomic E-state index is -3.87. The molecule has 0 aliphatic rings. The number of aromatic nitrogens is 1. The molecule has 1 aromatic heterocycles. The van der Waals surface area contributed by atoms with Gasteiger partial charge >= 0.3 is 5.97 Å². The van der Waals surface area contributed by atoms with E-state index in [1.807, 2.05) is 24.3 Å². The van der Waals surface area contributed by atoms with E-state index in [1.54, 1.807) is 30.3 Å². The van der Waals surface area contributed by atoms with Crippen molar-refractivity contribution >= 4 is 45.8 Å². The SMILES string of the molecule is CC(C)(C)c1ccc(CN(Cc2cccc(NCC(=O)O)n2)S(=O)(=O)c2ccc(Cl)cc2)cc1.Cl. The number of rotatable bonds is 9. The zero-order valence-corrected chi connectivity index (χ0v) is 22.1. The number of aliphatic carboxylic acids is 1. The lowest BCUT2D eigenvalue weighted by Gasteiger charge is -2.23. The van der Waals surface area contributed by atoms with Gasteiger partial charge in [0.15, 0.2) is 0 Å². The highest BCUT2D eigenvalue weighted by Gasteiger charge is 2.26. The van der Waals surface area contributed by atoms with Crippen molar-refractivity contribution in [1.29, 1.82) is 0 Å². The Morgan fingerprint density at radius 2 is 1.63 bits per heavy atom. The Labute approximate surface area is 217 Å². The molecule has 35 heavy (non-hydrogen) atoms. The predicted molar refractivity (Wildman–Crippen MR) is 141 cm³/mol. The van der Waals surface area contributed by atoms with Crippen molar-refractivity contribution in [3.8, 4) is 0 Å². The first kappa shape index (κ1) is 28.6. The maximum Gasteiger partial charge on any atom is 0.322 e. The average Bonchev–Trinajstić information content (AvgIpc) is 2.77. The van der Waals surface area contributed by atoms with Gasteiger partial charge in [0.2, 0.25) is 10.0 Å². The van der Waals surface area contributed by atoms with Gasteiger partial charge in [0.05, 0.1) is 17.1 Å². The van der Waals surface area contributed by atoms with E-state index in [4.69, 9.17) is 16.7 Å². The largest absolute Gasteiger partial charge is 0.480 e. The maximum atomic E-state index is 13.5. The number of anilines is 1. The Bertz CT molecular complexity index is 1240. The van der Waals surface area contributed by atoms with Crippen molar-refractivity contribution in [2.45, 2.75) is 44.2 Å². The molecule has 0 unspecified atom stereocenters. The smallest absolute Gasteiger partial charge is 0.322 e. The molecular weight excluding hydrogens is 509 g/mol. The van der Waals surface area contributed by atoms with E-state index in [9.17, 15) is 13.2 Å². The molecule has 188 valence electrons. The molecule has 7 nitrogen and oxygen atoms in total. The van der Waals surface area contributed by atoms with Gasteiger partial charge in [-0.2, -0.15) is 4.31 Å². The van der Waals surface area contributed by atoms with Crippen molar-refractivity contribution in [3.63, 3.8) is 0 Å². The Balaban J connectivity index is 0.00000432. The van der Waals surface area contributed by atoms with Crippen molar-refractivity contribution < 1.29 is 18.3 Å². The highest BCUT2D eigenvalue weighted by atomic mass is 35.5. The molecule has 0 radical (unpaired) electrons. The summed E-state index contributed by atoms with van der Waals surface area (Å²) in [6.07, 6.45) is 0. The highest BCUT2D eigenvalue weighted by Crippen LogP contribution is 2.25. The predicted octanol–water partition coefficient (Wildman–Crippen LogP) is 5.34. The summed E-state index contributed by atoms with van der Waals surface area (Å²) in [5.74, 6) is -0.656. The van der Waals surface area contributed by atoms with Crippen LogP contribution in [0.1, 0.15) is 37.6 Å². The number of sulfonamides is 1. The van der Waals surface area contributed by atoms with Gasteiger partial charge in [0, 0.05) is 11.6 Å². The average molecular weight is 538 g/mol. The van der Waals surface area contributed by atoms with E-state index in [2.05, 4.69) is 31.1 Å². The van der Waals surface area contributed by atoms with Gasteiger partial charge in [0.1, 0.15) is 12.4 Å². The molecule has 3 rings (SSSR count). The van der Waals surface area contributed by atoms with Gasteiger partial charge in [-0.15, -0.1) is 12.4 Å². The number of hydrogen-bond donors (Lipinski definition) is 2. The molecule has 0 aliphatic carbocycles. The first-order chi connectivity index (χ1) is 15.9. The van der Waals surface area contributed by atoms with E-state index in [-0.39, 0.29) is 42.4 Å². The minimum absolute atomic E-state index is 0. The molecule has 0 saturated heterocycles. The normalized spacial score (nSPS) is 11.7. The van der Waals surface area contributed by atoms with Gasteiger partial charge in [-0.3, -0.25) is 4.79 Å². The van der Waals surface area contributed by atoms with Crippen LogP contribution in [-0.2, 0) is 33.3 Å². The number of benzene rings is 2. The molecule has 0 amide bonds. The first-order valence-corrected chi connectivity index (χ1v) is 12.5. The second kappa shape index (κ2) is 11.9. The van der Waals surface area contributed by atoms with Crippen LogP contribution in [0.25, 0.3) is 0 Å². The fourth-order valence-corrected chi connectivity index (χ4v) is 4.83. The van der Waals surface area contributed by atoms with Crippen LogP contribution in [0.5, 0.6) is 0 Å². The van der Waals surface area contributed by atoms with Crippen molar-refractivity contribution in [2.75, 3.05) is 11.9 Å². The third-order valence-corrected chi connectivity index (χ3v) is 7.25. The fraction of sp³-hybridized carbons (Fsp3) is 0.280. The molecule has 3 aromatic rings. The van der Waals surface area contributed by atoms with Crippen LogP contribution >= 0.6 is 24.0 Å². The molecule has 10 heteroatoms. The third kappa shape index (κ3) is 7.93. The topological polar surface area (TPSA) is 99.6 Å². The molecule has 0 aliphatic heterocycles. The van der Waals surface area contributed by atoms with Gasteiger partial charge in [-0.05, 0) is 52.9 Å². The van der Waals surface area contributed by atoms with E-state index in [0.717, 1.165) is 11.1 Å². The van der Waals surface area contributed by atoms with E-state index >= 15 is 0 Å². The lowest BCUT2D eigenvalue weighted by Crippen LogP contribution is -2.30. The number of carbonyl (C=O) groups is 1. The van der Waals surface area contributed by atoms with E-state index < -0.39 is 16.0 Å². The summed E-state index contributed by atoms with van der Waals surface area (Å²) in [5.41, 5.74) is 2.47. The molecule has 1 heterocycles. The summed E-state index contributed by atoms with van der Waals surface area (Å²) < 4.78 is 28.4. The summed E-state index contributed by atoms with van der Waals surface area (Å²) in [6, 6.07) is 19.0. The molecule has 0 atom stereocenters. The number of carboxylic acid groups (broad SMARTS) is 1. The van der Waals surface area contributed by atoms with Gasteiger partial charge in [0.25, 0.3) is 0 Å². The van der Waals surface area contributed by atoms with Crippen molar-refractivity contribution in [3.05, 3.63) is 88.6 Å². The van der Waals surface area contributed by atoms with Crippen LogP contribution in [0.15, 0.2) is 71.6 Å². The maximum absolute atomic E-state index is 13.5. The second-order valence-corrected chi connectivity index (χ2v) is 11.3. The molecular formula is C25H29Cl2N3O4S. The van der Waals surface area contributed by atoms with E-state index in [0.29, 0.717) is 16.5 Å². The highest BCUT2D eigenvalue weighted by molar-refractivity contribution is 7.89. The van der Waals surface area contributed by atoms with Gasteiger partial charge in [-0.1, -0.05) is 62.7 Å². The van der Waals surface area contributed by atoms with Gasteiger partial charge in [-0.25, -0.2) is 13.4 Å². The summed E-state index contributed by atoms with van der Waals surface area (Å²) in [4.78, 5) is 15.4. The van der Waals surface area contributed by atoms with Crippen LogP contribution in [0, 0.1) is 0 Å². The summed E-state index contributed by atoms with van der Waals surface area (Å²) in [6.45, 7) is 6.23. The molecule has 0 fully saturated rings. The minimum Gasteiger partial charge on any atom is -0.480 e. The number of halogens is 2. The standard InChI is InChI=1S/C25H28ClN3O4S.ClH/c1-25(2,3)19-9-7-18(8-10-19)16-29(34(32,33)22-13-11-20(26)12-14-22)17-21-5-4-6-23(28-21)27-15-24(30)31;/h4-14H,15-17H2,1-3H3,(H,27,28)(H,30,31);1H. The lowest BCUT2D eigenvalue weighted by molar-refractivity contribution is -0.134. The monoisotopic (exact) mass is 537 g/mol. The molecule has 2 N–H and O–H groups in total. The van der Waals surface area contributed by atoms with E-state index in [1.165, 1.54) is 16.4 Å². The lowest BCUT2D eigenvalue weighted by atomic mass is 9.87. The van der Waals surface area contributed by atoms with Crippen LogP contribution < -0.4 is 5.32 Å². The zero-order chi connectivity index (χ0) is 24.9. The Kier molecular flexibility index (Phi) is 9.68. The zero-order valence-electron chi connectivity index (χ0n) is 19.7. The summed E-state index contributed by atoms with van der Waals surface area (Å²) >= 11 is 5.95. The second-order valence-electron chi connectivity index (χ2n) is 8.94. The summed E-state index contributed by atoms with van der Waals surface area (Å²) in [7, 11) is -3.87. The van der Waals surface area contributed by atoms with Crippen LogP contribution in [0.3, 0.4) is 0 Å². The Morgan fingerprint density at radius 3 is 2.20 bits per heavy atom. The molecule has 0 spiro atoms. The Hall–Kier alpha value is -2.65. The third-order valence-electron chi connectivity index (χ3n) is 5.20. The van der Waals surface area contributed by atoms with Crippen LogP contribution in [-0.4, -0.2) is 35.3 Å². The fourth-order valence-electron chi connectivity index (χ4n) is 3.31.